The Kier molecular flexibility index (Phi) is 3.78. The first kappa shape index (κ1) is 13.5. The first-order chi connectivity index (χ1) is 10.2. The van der Waals surface area contributed by atoms with Crippen LogP contribution < -0.4 is 5.73 Å². The molecular formula is C13H16N6O2. The van der Waals surface area contributed by atoms with Crippen molar-refractivity contribution in [1.29, 1.82) is 0 Å². The molecule has 0 aliphatic carbocycles. The van der Waals surface area contributed by atoms with Crippen molar-refractivity contribution in [1.82, 2.24) is 25.1 Å². The Morgan fingerprint density at radius 2 is 2.14 bits per heavy atom. The van der Waals surface area contributed by atoms with Crippen LogP contribution in [-0.4, -0.2) is 57.3 Å². The molecule has 110 valence electrons. The van der Waals surface area contributed by atoms with Crippen molar-refractivity contribution in [2.75, 3.05) is 32.0 Å². The van der Waals surface area contributed by atoms with E-state index in [-0.39, 0.29) is 12.5 Å². The number of amides is 1. The SMILES string of the molecule is Nc1cccc(-c2nnn(CC(=O)N3CCOCC3)n2)c1. The van der Waals surface area contributed by atoms with Gasteiger partial charge in [0.1, 0.15) is 6.54 Å². The lowest BCUT2D eigenvalue weighted by molar-refractivity contribution is -0.136. The second kappa shape index (κ2) is 5.88. The maximum Gasteiger partial charge on any atom is 0.246 e. The summed E-state index contributed by atoms with van der Waals surface area (Å²) in [6.45, 7) is 2.44. The fourth-order valence-electron chi connectivity index (χ4n) is 2.14. The van der Waals surface area contributed by atoms with Crippen LogP contribution in [0.4, 0.5) is 5.69 Å². The number of aromatic nitrogens is 4. The highest BCUT2D eigenvalue weighted by atomic mass is 16.5. The molecule has 21 heavy (non-hydrogen) atoms. The molecule has 3 rings (SSSR count). The monoisotopic (exact) mass is 288 g/mol. The summed E-state index contributed by atoms with van der Waals surface area (Å²) in [5, 5.41) is 12.1. The van der Waals surface area contributed by atoms with Crippen LogP contribution in [0.1, 0.15) is 0 Å². The normalized spacial score (nSPS) is 15.1. The van der Waals surface area contributed by atoms with Crippen molar-refractivity contribution in [3.05, 3.63) is 24.3 Å². The Bertz CT molecular complexity index is 635. The summed E-state index contributed by atoms with van der Waals surface area (Å²) < 4.78 is 5.22. The number of morpholine rings is 1. The highest BCUT2D eigenvalue weighted by molar-refractivity contribution is 5.75. The lowest BCUT2D eigenvalue weighted by Crippen LogP contribution is -2.42. The van der Waals surface area contributed by atoms with Gasteiger partial charge in [0.15, 0.2) is 0 Å². The van der Waals surface area contributed by atoms with E-state index in [1.807, 2.05) is 12.1 Å². The third kappa shape index (κ3) is 3.16. The number of anilines is 1. The minimum Gasteiger partial charge on any atom is -0.399 e. The number of hydrogen-bond donors (Lipinski definition) is 1. The van der Waals surface area contributed by atoms with Crippen LogP contribution in [0.15, 0.2) is 24.3 Å². The number of nitrogens with zero attached hydrogens (tertiary/aromatic N) is 5. The van der Waals surface area contributed by atoms with Crippen molar-refractivity contribution in [2.24, 2.45) is 0 Å². The molecule has 8 nitrogen and oxygen atoms in total. The lowest BCUT2D eigenvalue weighted by Gasteiger charge is -2.26. The van der Waals surface area contributed by atoms with Crippen molar-refractivity contribution in [3.63, 3.8) is 0 Å². The van der Waals surface area contributed by atoms with E-state index in [4.69, 9.17) is 10.5 Å². The molecule has 0 saturated carbocycles. The molecule has 1 saturated heterocycles. The maximum absolute atomic E-state index is 12.1. The van der Waals surface area contributed by atoms with E-state index in [9.17, 15) is 4.79 Å². The molecule has 2 N–H and O–H groups in total. The van der Waals surface area contributed by atoms with Crippen molar-refractivity contribution in [3.8, 4) is 11.4 Å². The highest BCUT2D eigenvalue weighted by Crippen LogP contribution is 2.16. The summed E-state index contributed by atoms with van der Waals surface area (Å²) in [5.41, 5.74) is 7.14. The number of carbonyl (C=O) groups excluding carboxylic acids is 1. The van der Waals surface area contributed by atoms with E-state index in [0.717, 1.165) is 5.56 Å². The summed E-state index contributed by atoms with van der Waals surface area (Å²) in [7, 11) is 0. The topological polar surface area (TPSA) is 99.2 Å². The third-order valence-electron chi connectivity index (χ3n) is 3.24. The molecule has 0 atom stereocenters. The van der Waals surface area contributed by atoms with Crippen LogP contribution in [0, 0.1) is 0 Å². The van der Waals surface area contributed by atoms with Crippen molar-refractivity contribution < 1.29 is 9.53 Å². The minimum absolute atomic E-state index is 0.0326. The van der Waals surface area contributed by atoms with Crippen LogP contribution in [-0.2, 0) is 16.1 Å². The van der Waals surface area contributed by atoms with E-state index < -0.39 is 0 Å². The summed E-state index contributed by atoms with van der Waals surface area (Å²) in [5.74, 6) is 0.423. The van der Waals surface area contributed by atoms with Gasteiger partial charge in [-0.1, -0.05) is 12.1 Å². The van der Waals surface area contributed by atoms with Gasteiger partial charge in [-0.25, -0.2) is 0 Å². The van der Waals surface area contributed by atoms with Gasteiger partial charge in [-0.05, 0) is 17.3 Å². The third-order valence-corrected chi connectivity index (χ3v) is 3.24. The number of benzene rings is 1. The number of rotatable bonds is 3. The van der Waals surface area contributed by atoms with Gasteiger partial charge in [0.05, 0.1) is 13.2 Å². The van der Waals surface area contributed by atoms with Gasteiger partial charge in [0.25, 0.3) is 0 Å². The van der Waals surface area contributed by atoms with Gasteiger partial charge >= 0.3 is 0 Å². The molecule has 2 heterocycles. The summed E-state index contributed by atoms with van der Waals surface area (Å²) in [6.07, 6.45) is 0. The summed E-state index contributed by atoms with van der Waals surface area (Å²) in [4.78, 5) is 15.1. The first-order valence-corrected chi connectivity index (χ1v) is 6.71. The van der Waals surface area contributed by atoms with E-state index in [1.54, 1.807) is 17.0 Å². The minimum atomic E-state index is -0.0326. The van der Waals surface area contributed by atoms with Crippen molar-refractivity contribution in [2.45, 2.75) is 6.54 Å². The molecule has 2 aromatic rings. The molecule has 1 aromatic carbocycles. The van der Waals surface area contributed by atoms with E-state index >= 15 is 0 Å². The average Bonchev–Trinajstić information content (AvgIpc) is 2.97. The fourth-order valence-corrected chi connectivity index (χ4v) is 2.14. The molecule has 8 heteroatoms. The number of nitrogens with two attached hydrogens (primary N) is 1. The molecule has 1 aromatic heterocycles. The van der Waals surface area contributed by atoms with Gasteiger partial charge in [-0.15, -0.1) is 10.2 Å². The molecule has 0 spiro atoms. The largest absolute Gasteiger partial charge is 0.399 e. The van der Waals surface area contributed by atoms with Gasteiger partial charge in [0, 0.05) is 24.3 Å². The molecule has 1 aliphatic heterocycles. The predicted octanol–water partition coefficient (Wildman–Crippen LogP) is -0.219. The maximum atomic E-state index is 12.1. The zero-order chi connectivity index (χ0) is 14.7. The number of nitrogen functional groups attached to an aromatic ring is 1. The standard InChI is InChI=1S/C13H16N6O2/c14-11-3-1-2-10(8-11)13-15-17-19(16-13)9-12(20)18-4-6-21-7-5-18/h1-3,8H,4-7,9,14H2. The van der Waals surface area contributed by atoms with E-state index in [0.29, 0.717) is 37.8 Å². The molecule has 1 aliphatic rings. The van der Waals surface area contributed by atoms with Crippen LogP contribution in [0.2, 0.25) is 0 Å². The predicted molar refractivity (Wildman–Crippen MR) is 75.1 cm³/mol. The molecule has 0 radical (unpaired) electrons. The first-order valence-electron chi connectivity index (χ1n) is 6.71. The average molecular weight is 288 g/mol. The van der Waals surface area contributed by atoms with Crippen LogP contribution in [0.3, 0.4) is 0 Å². The van der Waals surface area contributed by atoms with Gasteiger partial charge in [-0.2, -0.15) is 4.80 Å². The Hall–Kier alpha value is -2.48. The number of ether oxygens (including phenoxy) is 1. The Labute approximate surface area is 121 Å². The Balaban J connectivity index is 1.69. The summed E-state index contributed by atoms with van der Waals surface area (Å²) in [6, 6.07) is 7.23. The van der Waals surface area contributed by atoms with Crippen molar-refractivity contribution >= 4 is 11.6 Å². The second-order valence-corrected chi connectivity index (χ2v) is 4.76. The van der Waals surface area contributed by atoms with Gasteiger partial charge in [0.2, 0.25) is 11.7 Å². The van der Waals surface area contributed by atoms with E-state index in [2.05, 4.69) is 15.4 Å². The van der Waals surface area contributed by atoms with Crippen LogP contribution in [0.25, 0.3) is 11.4 Å². The van der Waals surface area contributed by atoms with E-state index in [1.165, 1.54) is 4.80 Å². The number of carbonyl (C=O) groups is 1. The second-order valence-electron chi connectivity index (χ2n) is 4.76. The zero-order valence-electron chi connectivity index (χ0n) is 11.5. The lowest BCUT2D eigenvalue weighted by atomic mass is 10.2. The zero-order valence-corrected chi connectivity index (χ0v) is 11.5. The van der Waals surface area contributed by atoms with Gasteiger partial charge in [-0.3, -0.25) is 4.79 Å². The molecule has 0 unspecified atom stereocenters. The number of tetrazole rings is 1. The molecular weight excluding hydrogens is 272 g/mol. The summed E-state index contributed by atoms with van der Waals surface area (Å²) >= 11 is 0. The Morgan fingerprint density at radius 1 is 1.33 bits per heavy atom. The smallest absolute Gasteiger partial charge is 0.246 e. The number of hydrogen-bond acceptors (Lipinski definition) is 6. The van der Waals surface area contributed by atoms with Crippen LogP contribution in [0.5, 0.6) is 0 Å². The molecule has 0 bridgehead atoms. The quantitative estimate of drug-likeness (QED) is 0.784. The van der Waals surface area contributed by atoms with Gasteiger partial charge < -0.3 is 15.4 Å². The Morgan fingerprint density at radius 3 is 2.90 bits per heavy atom. The molecule has 1 fully saturated rings. The highest BCUT2D eigenvalue weighted by Gasteiger charge is 2.18. The van der Waals surface area contributed by atoms with Crippen LogP contribution >= 0.6 is 0 Å². The fraction of sp³-hybridized carbons (Fsp3) is 0.385. The molecule has 1 amide bonds.